The molecule has 0 N–H and O–H groups in total. The number of Topliss-reactive ketones (excluding diaryl/α,β-unsaturated/α-hetero) is 1. The lowest BCUT2D eigenvalue weighted by atomic mass is 9.80. The maximum Gasteiger partial charge on any atom is 0.167 e. The van der Waals surface area contributed by atoms with Gasteiger partial charge in [0.15, 0.2) is 5.78 Å². The highest BCUT2D eigenvalue weighted by Crippen LogP contribution is 2.35. The maximum atomic E-state index is 12.2. The van der Waals surface area contributed by atoms with Crippen molar-refractivity contribution in [2.45, 2.75) is 32.6 Å². The molecule has 1 aliphatic rings. The number of rotatable bonds is 0. The molecule has 3 rings (SSSR count). The van der Waals surface area contributed by atoms with E-state index < -0.39 is 0 Å². The third-order valence-corrected chi connectivity index (χ3v) is 3.84. The largest absolute Gasteiger partial charge is 0.294 e. The van der Waals surface area contributed by atoms with E-state index in [1.165, 1.54) is 11.1 Å². The number of ketones is 1. The van der Waals surface area contributed by atoms with Gasteiger partial charge in [0.25, 0.3) is 0 Å². The van der Waals surface area contributed by atoms with Gasteiger partial charge in [-0.05, 0) is 27.7 Å². The second-order valence-electron chi connectivity index (χ2n) is 6.27. The van der Waals surface area contributed by atoms with Gasteiger partial charge in [-0.25, -0.2) is 0 Å². The van der Waals surface area contributed by atoms with Gasteiger partial charge in [-0.1, -0.05) is 63.2 Å². The van der Waals surface area contributed by atoms with Crippen LogP contribution in [0.2, 0.25) is 0 Å². The third kappa shape index (κ3) is 1.99. The van der Waals surface area contributed by atoms with Crippen molar-refractivity contribution in [3.8, 4) is 11.1 Å². The first-order valence-corrected chi connectivity index (χ1v) is 6.73. The summed E-state index contributed by atoms with van der Waals surface area (Å²) in [4.78, 5) is 12.2. The summed E-state index contributed by atoms with van der Waals surface area (Å²) in [7, 11) is 0. The summed E-state index contributed by atoms with van der Waals surface area (Å²) < 4.78 is 0. The fourth-order valence-corrected chi connectivity index (χ4v) is 2.70. The van der Waals surface area contributed by atoms with Crippen molar-refractivity contribution in [2.75, 3.05) is 0 Å². The standard InChI is InChI=1S/C18H18O/c1-18(2,3)13-8-9-14-12(10-13)11-17(19)16-7-5-4-6-15(14)16/h4-10H,11H2,1-3H3. The smallest absolute Gasteiger partial charge is 0.167 e. The van der Waals surface area contributed by atoms with Crippen LogP contribution < -0.4 is 0 Å². The van der Waals surface area contributed by atoms with Crippen LogP contribution in [-0.2, 0) is 11.8 Å². The molecule has 0 spiro atoms. The molecule has 96 valence electrons. The Labute approximate surface area is 114 Å². The average Bonchev–Trinajstić information content (AvgIpc) is 2.37. The Kier molecular flexibility index (Phi) is 2.60. The summed E-state index contributed by atoms with van der Waals surface area (Å²) in [6, 6.07) is 14.5. The molecule has 0 amide bonds. The highest BCUT2D eigenvalue weighted by molar-refractivity contribution is 6.07. The molecule has 1 nitrogen and oxygen atoms in total. The van der Waals surface area contributed by atoms with Crippen LogP contribution in [0, 0.1) is 0 Å². The van der Waals surface area contributed by atoms with Crippen LogP contribution in [0.25, 0.3) is 11.1 Å². The van der Waals surface area contributed by atoms with Gasteiger partial charge in [0.2, 0.25) is 0 Å². The first-order valence-electron chi connectivity index (χ1n) is 6.73. The van der Waals surface area contributed by atoms with Crippen LogP contribution in [0.5, 0.6) is 0 Å². The summed E-state index contributed by atoms with van der Waals surface area (Å²) in [5.41, 5.74) is 5.72. The molecule has 2 aromatic carbocycles. The third-order valence-electron chi connectivity index (χ3n) is 3.84. The normalized spacial score (nSPS) is 13.9. The average molecular weight is 250 g/mol. The molecular formula is C18H18O. The lowest BCUT2D eigenvalue weighted by Crippen LogP contribution is -2.16. The SMILES string of the molecule is CC(C)(C)c1ccc2c(c1)CC(=O)c1ccccc1-2. The van der Waals surface area contributed by atoms with E-state index in [9.17, 15) is 4.79 Å². The van der Waals surface area contributed by atoms with Crippen molar-refractivity contribution < 1.29 is 4.79 Å². The van der Waals surface area contributed by atoms with Crippen molar-refractivity contribution in [1.82, 2.24) is 0 Å². The van der Waals surface area contributed by atoms with Crippen molar-refractivity contribution in [1.29, 1.82) is 0 Å². The zero-order valence-electron chi connectivity index (χ0n) is 11.7. The Morgan fingerprint density at radius 3 is 2.26 bits per heavy atom. The summed E-state index contributed by atoms with van der Waals surface area (Å²) in [6.45, 7) is 6.61. The van der Waals surface area contributed by atoms with Crippen LogP contribution in [0.1, 0.15) is 42.3 Å². The molecule has 2 aromatic rings. The zero-order chi connectivity index (χ0) is 13.6. The predicted octanol–water partition coefficient (Wildman–Crippen LogP) is 4.39. The van der Waals surface area contributed by atoms with Crippen LogP contribution in [0.15, 0.2) is 42.5 Å². The number of fused-ring (bicyclic) bond motifs is 3. The van der Waals surface area contributed by atoms with Gasteiger partial charge in [-0.3, -0.25) is 4.79 Å². The Balaban J connectivity index is 2.20. The molecule has 1 aliphatic carbocycles. The Bertz CT molecular complexity index is 660. The molecule has 0 aromatic heterocycles. The van der Waals surface area contributed by atoms with E-state index in [-0.39, 0.29) is 11.2 Å². The summed E-state index contributed by atoms with van der Waals surface area (Å²) in [5, 5.41) is 0. The molecule has 0 saturated carbocycles. The molecule has 0 unspecified atom stereocenters. The van der Waals surface area contributed by atoms with Crippen LogP contribution in [0.3, 0.4) is 0 Å². The van der Waals surface area contributed by atoms with Gasteiger partial charge >= 0.3 is 0 Å². The van der Waals surface area contributed by atoms with Gasteiger partial charge in [0.05, 0.1) is 0 Å². The molecule has 0 aliphatic heterocycles. The molecule has 0 radical (unpaired) electrons. The lowest BCUT2D eigenvalue weighted by Gasteiger charge is -2.24. The van der Waals surface area contributed by atoms with Crippen molar-refractivity contribution in [3.63, 3.8) is 0 Å². The Morgan fingerprint density at radius 2 is 1.58 bits per heavy atom. The molecular weight excluding hydrogens is 232 g/mol. The first-order chi connectivity index (χ1) is 8.97. The molecule has 0 fully saturated rings. The molecule has 0 bridgehead atoms. The monoisotopic (exact) mass is 250 g/mol. The topological polar surface area (TPSA) is 17.1 Å². The number of carbonyl (C=O) groups excluding carboxylic acids is 1. The van der Waals surface area contributed by atoms with E-state index in [2.05, 4.69) is 39.0 Å². The van der Waals surface area contributed by atoms with E-state index >= 15 is 0 Å². The van der Waals surface area contributed by atoms with Crippen LogP contribution in [0.4, 0.5) is 0 Å². The first kappa shape index (κ1) is 12.2. The second-order valence-corrected chi connectivity index (χ2v) is 6.27. The number of benzene rings is 2. The van der Waals surface area contributed by atoms with Gasteiger partial charge in [0, 0.05) is 12.0 Å². The molecule has 1 heteroatoms. The number of hydrogen-bond acceptors (Lipinski definition) is 1. The second kappa shape index (κ2) is 4.06. The zero-order valence-corrected chi connectivity index (χ0v) is 11.7. The fraction of sp³-hybridized carbons (Fsp3) is 0.278. The van der Waals surface area contributed by atoms with Gasteiger partial charge in [0.1, 0.15) is 0 Å². The van der Waals surface area contributed by atoms with E-state index in [0.29, 0.717) is 6.42 Å². The van der Waals surface area contributed by atoms with Gasteiger partial charge in [-0.2, -0.15) is 0 Å². The van der Waals surface area contributed by atoms with E-state index in [4.69, 9.17) is 0 Å². The molecule has 0 saturated heterocycles. The molecule has 0 heterocycles. The summed E-state index contributed by atoms with van der Waals surface area (Å²) in [6.07, 6.45) is 0.524. The fourth-order valence-electron chi connectivity index (χ4n) is 2.70. The van der Waals surface area contributed by atoms with E-state index in [0.717, 1.165) is 16.7 Å². The molecule has 19 heavy (non-hydrogen) atoms. The van der Waals surface area contributed by atoms with Crippen LogP contribution in [-0.4, -0.2) is 5.78 Å². The minimum absolute atomic E-state index is 0.120. The van der Waals surface area contributed by atoms with Crippen molar-refractivity contribution in [2.24, 2.45) is 0 Å². The minimum atomic E-state index is 0.120. The minimum Gasteiger partial charge on any atom is -0.294 e. The summed E-state index contributed by atoms with van der Waals surface area (Å²) in [5.74, 6) is 0.231. The number of hydrogen-bond donors (Lipinski definition) is 0. The van der Waals surface area contributed by atoms with Gasteiger partial charge in [-0.15, -0.1) is 0 Å². The number of carbonyl (C=O) groups is 1. The van der Waals surface area contributed by atoms with Crippen molar-refractivity contribution >= 4 is 5.78 Å². The van der Waals surface area contributed by atoms with Gasteiger partial charge < -0.3 is 0 Å². The molecule has 0 atom stereocenters. The Hall–Kier alpha value is -1.89. The predicted molar refractivity (Wildman–Crippen MR) is 78.6 cm³/mol. The quantitative estimate of drug-likeness (QED) is 0.677. The van der Waals surface area contributed by atoms with Crippen molar-refractivity contribution in [3.05, 3.63) is 59.2 Å². The lowest BCUT2D eigenvalue weighted by molar-refractivity contribution is 0.0992. The van der Waals surface area contributed by atoms with E-state index in [1.54, 1.807) is 0 Å². The summed E-state index contributed by atoms with van der Waals surface area (Å²) >= 11 is 0. The van der Waals surface area contributed by atoms with Crippen LogP contribution >= 0.6 is 0 Å². The maximum absolute atomic E-state index is 12.2. The van der Waals surface area contributed by atoms with E-state index in [1.807, 2.05) is 24.3 Å². The highest BCUT2D eigenvalue weighted by Gasteiger charge is 2.23. The Morgan fingerprint density at radius 1 is 0.895 bits per heavy atom. The highest BCUT2D eigenvalue weighted by atomic mass is 16.1.